The molecule has 2 aliphatic rings. The molecular formula is C18H19BrN6. The maximum absolute atomic E-state index is 4.82. The summed E-state index contributed by atoms with van der Waals surface area (Å²) in [5, 5.41) is 13.4. The molecule has 0 amide bonds. The minimum absolute atomic E-state index is 0.547. The Bertz CT molecular complexity index is 911. The molecule has 1 aliphatic heterocycles. The molecule has 1 aliphatic carbocycles. The highest BCUT2D eigenvalue weighted by atomic mass is 79.9. The molecule has 1 aromatic carbocycles. The summed E-state index contributed by atoms with van der Waals surface area (Å²) in [5.41, 5.74) is 2.12. The lowest BCUT2D eigenvalue weighted by atomic mass is 10.2. The number of hydrogen-bond donors (Lipinski definition) is 0. The second-order valence-corrected chi connectivity index (χ2v) is 7.66. The van der Waals surface area contributed by atoms with Crippen molar-refractivity contribution in [1.29, 1.82) is 0 Å². The Hall–Kier alpha value is -2.15. The molecule has 3 aromatic rings. The minimum Gasteiger partial charge on any atom is -0.368 e. The molecule has 2 fully saturated rings. The monoisotopic (exact) mass is 398 g/mol. The maximum Gasteiger partial charge on any atom is 0.178 e. The van der Waals surface area contributed by atoms with Gasteiger partial charge in [0, 0.05) is 42.3 Å². The van der Waals surface area contributed by atoms with Gasteiger partial charge in [-0.3, -0.25) is 0 Å². The number of halogens is 1. The average molecular weight is 399 g/mol. The molecule has 0 spiro atoms. The zero-order valence-corrected chi connectivity index (χ0v) is 15.4. The molecule has 3 heterocycles. The summed E-state index contributed by atoms with van der Waals surface area (Å²) in [6.45, 7) is 3.92. The first-order valence-corrected chi connectivity index (χ1v) is 9.55. The Labute approximate surface area is 154 Å². The van der Waals surface area contributed by atoms with Crippen molar-refractivity contribution in [1.82, 2.24) is 19.8 Å². The van der Waals surface area contributed by atoms with Gasteiger partial charge >= 0.3 is 0 Å². The molecule has 2 aromatic heterocycles. The van der Waals surface area contributed by atoms with Crippen molar-refractivity contribution in [3.8, 4) is 0 Å². The number of anilines is 2. The number of hydrogen-bond acceptors (Lipinski definition) is 5. The van der Waals surface area contributed by atoms with Gasteiger partial charge in [-0.2, -0.15) is 4.52 Å². The molecule has 25 heavy (non-hydrogen) atoms. The van der Waals surface area contributed by atoms with Crippen molar-refractivity contribution in [2.24, 2.45) is 0 Å². The molecule has 0 atom stereocenters. The zero-order chi connectivity index (χ0) is 16.8. The number of fused-ring (bicyclic) bond motifs is 1. The van der Waals surface area contributed by atoms with Gasteiger partial charge in [-0.1, -0.05) is 22.0 Å². The summed E-state index contributed by atoms with van der Waals surface area (Å²) in [6.07, 6.45) is 2.41. The SMILES string of the molecule is Brc1cccc(N2CCN(c3ccc4nnc(C5CC5)n4n3)CC2)c1. The minimum atomic E-state index is 0.547. The van der Waals surface area contributed by atoms with Gasteiger partial charge in [0.25, 0.3) is 0 Å². The van der Waals surface area contributed by atoms with E-state index in [0.29, 0.717) is 5.92 Å². The first kappa shape index (κ1) is 15.1. The summed E-state index contributed by atoms with van der Waals surface area (Å²) >= 11 is 3.56. The Morgan fingerprint density at radius 3 is 2.48 bits per heavy atom. The molecule has 0 radical (unpaired) electrons. The average Bonchev–Trinajstić information content (AvgIpc) is 3.41. The van der Waals surface area contributed by atoms with Gasteiger partial charge in [0.2, 0.25) is 0 Å². The number of aromatic nitrogens is 4. The third-order valence-electron chi connectivity index (χ3n) is 4.99. The smallest absolute Gasteiger partial charge is 0.178 e. The van der Waals surface area contributed by atoms with Crippen LogP contribution in [0.25, 0.3) is 5.65 Å². The van der Waals surface area contributed by atoms with Gasteiger partial charge < -0.3 is 9.80 Å². The van der Waals surface area contributed by atoms with Gasteiger partial charge in [-0.05, 0) is 43.2 Å². The largest absolute Gasteiger partial charge is 0.368 e. The second-order valence-electron chi connectivity index (χ2n) is 6.75. The highest BCUT2D eigenvalue weighted by molar-refractivity contribution is 9.10. The molecule has 1 saturated heterocycles. The Morgan fingerprint density at radius 1 is 0.920 bits per heavy atom. The number of piperazine rings is 1. The quantitative estimate of drug-likeness (QED) is 0.678. The highest BCUT2D eigenvalue weighted by Gasteiger charge is 2.29. The summed E-state index contributed by atoms with van der Waals surface area (Å²) in [4.78, 5) is 4.78. The fraction of sp³-hybridized carbons (Fsp3) is 0.389. The lowest BCUT2D eigenvalue weighted by Crippen LogP contribution is -2.47. The molecule has 128 valence electrons. The topological polar surface area (TPSA) is 49.6 Å². The van der Waals surface area contributed by atoms with Gasteiger partial charge in [-0.25, -0.2) is 0 Å². The Balaban J connectivity index is 1.35. The van der Waals surface area contributed by atoms with Gasteiger partial charge in [0.1, 0.15) is 5.82 Å². The van der Waals surface area contributed by atoms with Crippen LogP contribution in [0.1, 0.15) is 24.6 Å². The lowest BCUT2D eigenvalue weighted by molar-refractivity contribution is 0.639. The standard InChI is InChI=1S/C18H19BrN6/c19-14-2-1-3-15(12-14)23-8-10-24(11-9-23)17-7-6-16-20-21-18(13-4-5-13)25(16)22-17/h1-3,6-7,12-13H,4-5,8-11H2. The summed E-state index contributed by atoms with van der Waals surface area (Å²) in [7, 11) is 0. The molecule has 0 N–H and O–H groups in total. The van der Waals surface area contributed by atoms with Crippen molar-refractivity contribution in [2.75, 3.05) is 36.0 Å². The molecule has 0 unspecified atom stereocenters. The first-order valence-electron chi connectivity index (χ1n) is 8.76. The lowest BCUT2D eigenvalue weighted by Gasteiger charge is -2.36. The van der Waals surface area contributed by atoms with E-state index < -0.39 is 0 Å². The number of benzene rings is 1. The molecular weight excluding hydrogens is 380 g/mol. The molecule has 0 bridgehead atoms. The fourth-order valence-corrected chi connectivity index (χ4v) is 3.81. The molecule has 7 heteroatoms. The second kappa shape index (κ2) is 5.98. The van der Waals surface area contributed by atoms with Crippen LogP contribution >= 0.6 is 15.9 Å². The maximum atomic E-state index is 4.82. The van der Waals surface area contributed by atoms with Crippen LogP contribution in [0.5, 0.6) is 0 Å². The van der Waals surface area contributed by atoms with E-state index >= 15 is 0 Å². The van der Waals surface area contributed by atoms with E-state index in [1.165, 1.54) is 18.5 Å². The van der Waals surface area contributed by atoms with E-state index in [-0.39, 0.29) is 0 Å². The van der Waals surface area contributed by atoms with Crippen LogP contribution in [0.2, 0.25) is 0 Å². The van der Waals surface area contributed by atoms with Crippen LogP contribution in [-0.4, -0.2) is 46.0 Å². The predicted octanol–water partition coefficient (Wildman–Crippen LogP) is 3.09. The summed E-state index contributed by atoms with van der Waals surface area (Å²) < 4.78 is 3.06. The molecule has 6 nitrogen and oxygen atoms in total. The first-order chi connectivity index (χ1) is 12.3. The summed E-state index contributed by atoms with van der Waals surface area (Å²) in [5.74, 6) is 2.58. The third-order valence-corrected chi connectivity index (χ3v) is 5.49. The van der Waals surface area contributed by atoms with Crippen LogP contribution in [-0.2, 0) is 0 Å². The number of nitrogens with zero attached hydrogens (tertiary/aromatic N) is 6. The Morgan fingerprint density at radius 2 is 1.72 bits per heavy atom. The normalized spacial score (nSPS) is 18.1. The Kier molecular flexibility index (Phi) is 3.62. The number of rotatable bonds is 3. The predicted molar refractivity (Wildman–Crippen MR) is 101 cm³/mol. The van der Waals surface area contributed by atoms with E-state index in [2.05, 4.69) is 66.3 Å². The molecule has 1 saturated carbocycles. The van der Waals surface area contributed by atoms with Gasteiger partial charge in [0.15, 0.2) is 11.5 Å². The zero-order valence-electron chi connectivity index (χ0n) is 13.8. The van der Waals surface area contributed by atoms with Gasteiger partial charge in [0.05, 0.1) is 0 Å². The van der Waals surface area contributed by atoms with Crippen LogP contribution < -0.4 is 9.80 Å². The van der Waals surface area contributed by atoms with Crippen LogP contribution in [0, 0.1) is 0 Å². The highest BCUT2D eigenvalue weighted by Crippen LogP contribution is 2.38. The van der Waals surface area contributed by atoms with Crippen molar-refractivity contribution in [3.63, 3.8) is 0 Å². The van der Waals surface area contributed by atoms with E-state index in [4.69, 9.17) is 5.10 Å². The molecule has 5 rings (SSSR count). The van der Waals surface area contributed by atoms with Crippen LogP contribution in [0.15, 0.2) is 40.9 Å². The van der Waals surface area contributed by atoms with Crippen molar-refractivity contribution >= 4 is 33.1 Å². The van der Waals surface area contributed by atoms with E-state index in [1.54, 1.807) is 0 Å². The fourth-order valence-electron chi connectivity index (χ4n) is 3.43. The van der Waals surface area contributed by atoms with Crippen LogP contribution in [0.3, 0.4) is 0 Å². The van der Waals surface area contributed by atoms with Crippen LogP contribution in [0.4, 0.5) is 11.5 Å². The third kappa shape index (κ3) is 2.86. The van der Waals surface area contributed by atoms with Crippen molar-refractivity contribution in [3.05, 3.63) is 46.7 Å². The van der Waals surface area contributed by atoms with E-state index in [0.717, 1.165) is 47.9 Å². The van der Waals surface area contributed by atoms with Crippen molar-refractivity contribution in [2.45, 2.75) is 18.8 Å². The van der Waals surface area contributed by atoms with Crippen molar-refractivity contribution < 1.29 is 0 Å². The summed E-state index contributed by atoms with van der Waals surface area (Å²) in [6, 6.07) is 12.6. The van der Waals surface area contributed by atoms with E-state index in [9.17, 15) is 0 Å². The van der Waals surface area contributed by atoms with Gasteiger partial charge in [-0.15, -0.1) is 15.3 Å². The van der Waals surface area contributed by atoms with E-state index in [1.807, 2.05) is 10.6 Å².